The van der Waals surface area contributed by atoms with E-state index in [-0.39, 0.29) is 0 Å². The van der Waals surface area contributed by atoms with Gasteiger partial charge in [-0.05, 0) is 75.4 Å². The van der Waals surface area contributed by atoms with Gasteiger partial charge in [-0.2, -0.15) is 0 Å². The molecule has 0 saturated heterocycles. The third kappa shape index (κ3) is 7.34. The first-order valence-electron chi connectivity index (χ1n) is 8.79. The third-order valence-electron chi connectivity index (χ3n) is 4.04. The number of aryl methyl sites for hydroxylation is 2. The fourth-order valence-electron chi connectivity index (χ4n) is 2.66. The second kappa shape index (κ2) is 10.8. The predicted molar refractivity (Wildman–Crippen MR) is 98.2 cm³/mol. The van der Waals surface area contributed by atoms with Gasteiger partial charge < -0.3 is 10.1 Å². The maximum atomic E-state index is 5.83. The van der Waals surface area contributed by atoms with E-state index < -0.39 is 0 Å². The Hall–Kier alpha value is -1.80. The van der Waals surface area contributed by atoms with Crippen molar-refractivity contribution in [1.29, 1.82) is 0 Å². The molecule has 0 unspecified atom stereocenters. The summed E-state index contributed by atoms with van der Waals surface area (Å²) in [5.74, 6) is 0.991. The molecule has 0 bridgehead atoms. The van der Waals surface area contributed by atoms with Crippen LogP contribution in [-0.4, -0.2) is 20.2 Å². The van der Waals surface area contributed by atoms with Gasteiger partial charge in [-0.3, -0.25) is 0 Å². The Morgan fingerprint density at radius 3 is 2.17 bits per heavy atom. The van der Waals surface area contributed by atoms with Crippen LogP contribution < -0.4 is 10.1 Å². The molecule has 2 heteroatoms. The molecule has 23 heavy (non-hydrogen) atoms. The second-order valence-electron chi connectivity index (χ2n) is 6.00. The van der Waals surface area contributed by atoms with Crippen LogP contribution in [0.5, 0.6) is 5.75 Å². The van der Waals surface area contributed by atoms with Crippen LogP contribution in [0.25, 0.3) is 0 Å². The van der Waals surface area contributed by atoms with Crippen LogP contribution in [0.15, 0.2) is 54.6 Å². The lowest BCUT2D eigenvalue weighted by Gasteiger charge is -2.07. The predicted octanol–water partition coefficient (Wildman–Crippen LogP) is 4.63. The largest absolute Gasteiger partial charge is 0.494 e. The summed E-state index contributed by atoms with van der Waals surface area (Å²) in [4.78, 5) is 0. The monoisotopic (exact) mass is 311 g/mol. The molecule has 0 atom stereocenters. The van der Waals surface area contributed by atoms with Crippen molar-refractivity contribution in [3.05, 3.63) is 65.7 Å². The van der Waals surface area contributed by atoms with Gasteiger partial charge in [0.2, 0.25) is 0 Å². The Balaban J connectivity index is 1.55. The number of hydrogen-bond acceptors (Lipinski definition) is 2. The normalized spacial score (nSPS) is 10.7. The highest BCUT2D eigenvalue weighted by Crippen LogP contribution is 2.14. The molecule has 2 rings (SSSR count). The first-order chi connectivity index (χ1) is 11.4. The van der Waals surface area contributed by atoms with Crippen molar-refractivity contribution in [2.45, 2.75) is 38.5 Å². The molecule has 0 aromatic heterocycles. The summed E-state index contributed by atoms with van der Waals surface area (Å²) in [5, 5.41) is 3.18. The number of nitrogens with one attached hydrogen (secondary N) is 1. The minimum atomic E-state index is 0.813. The first-order valence-corrected chi connectivity index (χ1v) is 8.79. The second-order valence-corrected chi connectivity index (χ2v) is 6.00. The molecular formula is C21H29NO. The first kappa shape index (κ1) is 17.6. The van der Waals surface area contributed by atoms with E-state index in [0.717, 1.165) is 31.7 Å². The van der Waals surface area contributed by atoms with E-state index in [9.17, 15) is 0 Å². The molecule has 124 valence electrons. The minimum absolute atomic E-state index is 0.813. The molecule has 2 nitrogen and oxygen atoms in total. The highest BCUT2D eigenvalue weighted by Gasteiger charge is 1.97. The van der Waals surface area contributed by atoms with Gasteiger partial charge in [0.25, 0.3) is 0 Å². The smallest absolute Gasteiger partial charge is 0.119 e. The van der Waals surface area contributed by atoms with Crippen LogP contribution in [0.1, 0.15) is 36.8 Å². The Morgan fingerprint density at radius 1 is 0.739 bits per heavy atom. The zero-order valence-corrected chi connectivity index (χ0v) is 14.3. The molecular weight excluding hydrogens is 282 g/mol. The summed E-state index contributed by atoms with van der Waals surface area (Å²) in [6.45, 7) is 1.88. The van der Waals surface area contributed by atoms with Gasteiger partial charge in [-0.25, -0.2) is 0 Å². The summed E-state index contributed by atoms with van der Waals surface area (Å²) in [7, 11) is 2.00. The lowest BCUT2D eigenvalue weighted by atomic mass is 10.1. The van der Waals surface area contributed by atoms with Gasteiger partial charge in [0.1, 0.15) is 5.75 Å². The average molecular weight is 311 g/mol. The van der Waals surface area contributed by atoms with Gasteiger partial charge in [0, 0.05) is 0 Å². The van der Waals surface area contributed by atoms with E-state index in [1.807, 2.05) is 7.05 Å². The molecule has 0 fully saturated rings. The molecule has 0 heterocycles. The molecule has 0 radical (unpaired) electrons. The van der Waals surface area contributed by atoms with Crippen molar-refractivity contribution in [2.75, 3.05) is 20.2 Å². The summed E-state index contributed by atoms with van der Waals surface area (Å²) in [5.41, 5.74) is 2.82. The SMILES string of the molecule is CNCCCc1ccc(OCCCCCc2ccccc2)cc1. The zero-order valence-electron chi connectivity index (χ0n) is 14.3. The standard InChI is InChI=1S/C21H29NO/c1-22-17-8-12-20-13-15-21(16-14-20)23-18-7-3-6-11-19-9-4-2-5-10-19/h2,4-5,9-10,13-16,22H,3,6-8,11-12,17-18H2,1H3. The zero-order chi connectivity index (χ0) is 16.2. The Labute approximate surface area is 140 Å². The molecule has 2 aromatic rings. The molecule has 0 saturated carbocycles. The summed E-state index contributed by atoms with van der Waals surface area (Å²) in [6.07, 6.45) is 7.05. The summed E-state index contributed by atoms with van der Waals surface area (Å²) in [6, 6.07) is 19.3. The highest BCUT2D eigenvalue weighted by atomic mass is 16.5. The lowest BCUT2D eigenvalue weighted by molar-refractivity contribution is 0.305. The van der Waals surface area contributed by atoms with Crippen LogP contribution in [0, 0.1) is 0 Å². The topological polar surface area (TPSA) is 21.3 Å². The van der Waals surface area contributed by atoms with E-state index >= 15 is 0 Å². The molecule has 0 aliphatic rings. The number of unbranched alkanes of at least 4 members (excludes halogenated alkanes) is 2. The van der Waals surface area contributed by atoms with E-state index in [1.54, 1.807) is 0 Å². The van der Waals surface area contributed by atoms with Crippen molar-refractivity contribution >= 4 is 0 Å². The molecule has 0 aliphatic heterocycles. The molecule has 0 aliphatic carbocycles. The van der Waals surface area contributed by atoms with Crippen LogP contribution >= 0.6 is 0 Å². The van der Waals surface area contributed by atoms with E-state index in [1.165, 1.54) is 36.8 Å². The lowest BCUT2D eigenvalue weighted by Crippen LogP contribution is -2.08. The fourth-order valence-corrected chi connectivity index (χ4v) is 2.66. The Kier molecular flexibility index (Phi) is 8.28. The van der Waals surface area contributed by atoms with Crippen LogP contribution in [-0.2, 0) is 12.8 Å². The van der Waals surface area contributed by atoms with Crippen molar-refractivity contribution in [3.8, 4) is 5.75 Å². The maximum absolute atomic E-state index is 5.83. The van der Waals surface area contributed by atoms with Gasteiger partial charge in [-0.15, -0.1) is 0 Å². The van der Waals surface area contributed by atoms with Gasteiger partial charge in [-0.1, -0.05) is 42.5 Å². The third-order valence-corrected chi connectivity index (χ3v) is 4.04. The molecule has 1 N–H and O–H groups in total. The molecule has 0 amide bonds. The van der Waals surface area contributed by atoms with E-state index in [4.69, 9.17) is 4.74 Å². The molecule has 0 spiro atoms. The summed E-state index contributed by atoms with van der Waals surface area (Å²) >= 11 is 0. The van der Waals surface area contributed by atoms with E-state index in [0.29, 0.717) is 0 Å². The quantitative estimate of drug-likeness (QED) is 0.611. The van der Waals surface area contributed by atoms with Crippen LogP contribution in [0.4, 0.5) is 0 Å². The number of rotatable bonds is 11. The van der Waals surface area contributed by atoms with E-state index in [2.05, 4.69) is 59.9 Å². The average Bonchev–Trinajstić information content (AvgIpc) is 2.60. The van der Waals surface area contributed by atoms with Crippen molar-refractivity contribution in [1.82, 2.24) is 5.32 Å². The van der Waals surface area contributed by atoms with Crippen molar-refractivity contribution < 1.29 is 4.74 Å². The van der Waals surface area contributed by atoms with Crippen LogP contribution in [0.3, 0.4) is 0 Å². The number of ether oxygens (including phenoxy) is 1. The highest BCUT2D eigenvalue weighted by molar-refractivity contribution is 5.27. The van der Waals surface area contributed by atoms with Crippen molar-refractivity contribution in [2.24, 2.45) is 0 Å². The fraction of sp³-hybridized carbons (Fsp3) is 0.429. The minimum Gasteiger partial charge on any atom is -0.494 e. The molecule has 2 aromatic carbocycles. The van der Waals surface area contributed by atoms with Gasteiger partial charge in [0.15, 0.2) is 0 Å². The van der Waals surface area contributed by atoms with Gasteiger partial charge >= 0.3 is 0 Å². The number of benzene rings is 2. The van der Waals surface area contributed by atoms with Crippen LogP contribution in [0.2, 0.25) is 0 Å². The maximum Gasteiger partial charge on any atom is 0.119 e. The van der Waals surface area contributed by atoms with Crippen molar-refractivity contribution in [3.63, 3.8) is 0 Å². The number of hydrogen-bond donors (Lipinski definition) is 1. The van der Waals surface area contributed by atoms with Gasteiger partial charge in [0.05, 0.1) is 6.61 Å². The Morgan fingerprint density at radius 2 is 1.43 bits per heavy atom. The summed E-state index contributed by atoms with van der Waals surface area (Å²) < 4.78 is 5.83. The Bertz CT molecular complexity index is 521.